The molecule has 2 nitrogen and oxygen atoms in total. The average Bonchev–Trinajstić information content (AvgIpc) is 3.75. The minimum atomic E-state index is 1.16. The van der Waals surface area contributed by atoms with Crippen LogP contribution in [0.25, 0.3) is 110 Å². The van der Waals surface area contributed by atoms with Crippen molar-refractivity contribution in [2.75, 3.05) is 0 Å². The molecule has 0 unspecified atom stereocenters. The van der Waals surface area contributed by atoms with Crippen LogP contribution in [0.4, 0.5) is 0 Å². The van der Waals surface area contributed by atoms with E-state index in [0.29, 0.717) is 0 Å². The Hall–Kier alpha value is -6.90. The normalized spacial score (nSPS) is 11.9. The fourth-order valence-electron chi connectivity index (χ4n) is 8.96. The highest BCUT2D eigenvalue weighted by Gasteiger charge is 2.20. The highest BCUT2D eigenvalue weighted by molar-refractivity contribution is 6.22. The smallest absolute Gasteiger partial charge is 0.0568 e. The fourth-order valence-corrected chi connectivity index (χ4v) is 8.96. The number of benzene rings is 9. The Balaban J connectivity index is 1.24. The van der Waals surface area contributed by atoms with Crippen molar-refractivity contribution < 1.29 is 0 Å². The molecule has 0 amide bonds. The SMILES string of the molecule is Cn1c2ccccc2c2cccc(-c3cccc4c(-c5ccc(-c6ccccc6)cc5)c5cccc(-c6cccc7c6[nH]c6ccccc67)c5cc34)c21. The van der Waals surface area contributed by atoms with E-state index in [1.165, 1.54) is 104 Å². The molecule has 2 heteroatoms. The maximum absolute atomic E-state index is 3.79. The molecule has 0 spiro atoms. The lowest BCUT2D eigenvalue weighted by Gasteiger charge is -2.18. The zero-order chi connectivity index (χ0) is 35.0. The minimum Gasteiger partial charge on any atom is -0.354 e. The monoisotopic (exact) mass is 674 g/mol. The minimum absolute atomic E-state index is 1.16. The van der Waals surface area contributed by atoms with Crippen molar-refractivity contribution in [3.8, 4) is 44.5 Å². The Morgan fingerprint density at radius 1 is 0.358 bits per heavy atom. The number of nitrogens with zero attached hydrogens (tertiary/aromatic N) is 1. The van der Waals surface area contributed by atoms with Gasteiger partial charge in [-0.05, 0) is 73.1 Å². The molecule has 0 bridgehead atoms. The summed E-state index contributed by atoms with van der Waals surface area (Å²) in [7, 11) is 2.20. The number of aromatic nitrogens is 2. The van der Waals surface area contributed by atoms with E-state index in [2.05, 4.69) is 199 Å². The van der Waals surface area contributed by atoms with Crippen molar-refractivity contribution in [2.24, 2.45) is 7.05 Å². The molecule has 2 heterocycles. The Bertz CT molecular complexity index is 3210. The van der Waals surface area contributed by atoms with Crippen LogP contribution in [0, 0.1) is 0 Å². The topological polar surface area (TPSA) is 20.7 Å². The first-order chi connectivity index (χ1) is 26.2. The van der Waals surface area contributed by atoms with Crippen LogP contribution < -0.4 is 0 Å². The van der Waals surface area contributed by atoms with Crippen molar-refractivity contribution in [1.82, 2.24) is 9.55 Å². The van der Waals surface area contributed by atoms with Crippen LogP contribution in [0.3, 0.4) is 0 Å². The van der Waals surface area contributed by atoms with E-state index in [1.54, 1.807) is 0 Å². The summed E-state index contributed by atoms with van der Waals surface area (Å²) in [5, 5.41) is 10.0. The Morgan fingerprint density at radius 2 is 0.887 bits per heavy atom. The van der Waals surface area contributed by atoms with Gasteiger partial charge in [-0.25, -0.2) is 0 Å². The third-order valence-electron chi connectivity index (χ3n) is 11.4. The molecule has 248 valence electrons. The van der Waals surface area contributed by atoms with Crippen LogP contribution >= 0.6 is 0 Å². The lowest BCUT2D eigenvalue weighted by molar-refractivity contribution is 1.02. The summed E-state index contributed by atoms with van der Waals surface area (Å²) in [5.41, 5.74) is 14.6. The Morgan fingerprint density at radius 3 is 1.64 bits per heavy atom. The molecule has 11 rings (SSSR count). The number of rotatable bonds is 4. The third kappa shape index (κ3) is 4.46. The number of fused-ring (bicyclic) bond motifs is 8. The van der Waals surface area contributed by atoms with Crippen LogP contribution in [0.2, 0.25) is 0 Å². The number of H-pyrrole nitrogens is 1. The highest BCUT2D eigenvalue weighted by atomic mass is 14.9. The zero-order valence-electron chi connectivity index (χ0n) is 29.3. The number of para-hydroxylation sites is 4. The average molecular weight is 675 g/mol. The van der Waals surface area contributed by atoms with Crippen molar-refractivity contribution in [2.45, 2.75) is 0 Å². The second kappa shape index (κ2) is 11.6. The molecule has 0 aliphatic heterocycles. The van der Waals surface area contributed by atoms with Gasteiger partial charge in [-0.1, -0.05) is 164 Å². The standard InChI is InChI=1S/C51H34N2/c1-53-48-26-8-6-16-38(48)44-24-12-23-43(51(44)53)36-18-10-20-40-46(36)31-45-35(41-21-11-22-42-37-15-5-7-25-47(37)52-50(41)42)17-9-19-39(45)49(40)34-29-27-33(28-30-34)32-13-3-2-4-14-32/h2-31,52H,1H3. The summed E-state index contributed by atoms with van der Waals surface area (Å²) in [4.78, 5) is 3.79. The molecule has 0 fully saturated rings. The van der Waals surface area contributed by atoms with Crippen molar-refractivity contribution >= 4 is 65.2 Å². The molecule has 0 aliphatic carbocycles. The van der Waals surface area contributed by atoms with Gasteiger partial charge >= 0.3 is 0 Å². The van der Waals surface area contributed by atoms with E-state index in [-0.39, 0.29) is 0 Å². The van der Waals surface area contributed by atoms with Gasteiger partial charge in [0.1, 0.15) is 0 Å². The fraction of sp³-hybridized carbons (Fsp3) is 0.0196. The molecule has 0 saturated heterocycles. The van der Waals surface area contributed by atoms with Crippen LogP contribution in [0.15, 0.2) is 182 Å². The van der Waals surface area contributed by atoms with Gasteiger partial charge in [0.05, 0.1) is 11.0 Å². The molecule has 2 aromatic heterocycles. The van der Waals surface area contributed by atoms with Crippen LogP contribution in [0.5, 0.6) is 0 Å². The summed E-state index contributed by atoms with van der Waals surface area (Å²) in [6.07, 6.45) is 0. The number of aryl methyl sites for hydroxylation is 1. The van der Waals surface area contributed by atoms with Crippen molar-refractivity contribution in [3.63, 3.8) is 0 Å². The summed E-state index contributed by atoms with van der Waals surface area (Å²) in [6, 6.07) is 66.8. The van der Waals surface area contributed by atoms with Gasteiger partial charge in [-0.15, -0.1) is 0 Å². The summed E-state index contributed by atoms with van der Waals surface area (Å²) in [6.45, 7) is 0. The summed E-state index contributed by atoms with van der Waals surface area (Å²) < 4.78 is 2.37. The van der Waals surface area contributed by atoms with Crippen molar-refractivity contribution in [3.05, 3.63) is 182 Å². The number of nitrogens with one attached hydrogen (secondary N) is 1. The first kappa shape index (κ1) is 29.8. The number of hydrogen-bond donors (Lipinski definition) is 1. The molecule has 9 aromatic carbocycles. The van der Waals surface area contributed by atoms with E-state index in [1.807, 2.05) is 0 Å². The lowest BCUT2D eigenvalue weighted by atomic mass is 9.85. The van der Waals surface area contributed by atoms with Crippen molar-refractivity contribution in [1.29, 1.82) is 0 Å². The van der Waals surface area contributed by atoms with Crippen LogP contribution in [-0.4, -0.2) is 9.55 Å². The van der Waals surface area contributed by atoms with Gasteiger partial charge in [0.15, 0.2) is 0 Å². The molecule has 0 aliphatic rings. The van der Waals surface area contributed by atoms with E-state index in [9.17, 15) is 0 Å². The molecular formula is C51H34N2. The summed E-state index contributed by atoms with van der Waals surface area (Å²) in [5.74, 6) is 0. The summed E-state index contributed by atoms with van der Waals surface area (Å²) >= 11 is 0. The predicted octanol–water partition coefficient (Wildman–Crippen LogP) is 13.9. The maximum atomic E-state index is 3.79. The van der Waals surface area contributed by atoms with Crippen LogP contribution in [0.1, 0.15) is 0 Å². The first-order valence-corrected chi connectivity index (χ1v) is 18.3. The number of hydrogen-bond acceptors (Lipinski definition) is 0. The van der Waals surface area contributed by atoms with Gasteiger partial charge in [-0.3, -0.25) is 0 Å². The van der Waals surface area contributed by atoms with Gasteiger partial charge in [0.2, 0.25) is 0 Å². The highest BCUT2D eigenvalue weighted by Crippen LogP contribution is 2.46. The van der Waals surface area contributed by atoms with E-state index >= 15 is 0 Å². The van der Waals surface area contributed by atoms with E-state index in [4.69, 9.17) is 0 Å². The lowest BCUT2D eigenvalue weighted by Crippen LogP contribution is -1.93. The van der Waals surface area contributed by atoms with Gasteiger partial charge in [0, 0.05) is 50.8 Å². The molecule has 1 N–H and O–H groups in total. The van der Waals surface area contributed by atoms with Gasteiger partial charge in [0.25, 0.3) is 0 Å². The largest absolute Gasteiger partial charge is 0.354 e. The Labute approximate surface area is 307 Å². The number of aromatic amines is 1. The molecule has 0 radical (unpaired) electrons. The van der Waals surface area contributed by atoms with Gasteiger partial charge in [-0.2, -0.15) is 0 Å². The molecule has 0 saturated carbocycles. The third-order valence-corrected chi connectivity index (χ3v) is 11.4. The van der Waals surface area contributed by atoms with Gasteiger partial charge < -0.3 is 9.55 Å². The molecule has 11 aromatic rings. The maximum Gasteiger partial charge on any atom is 0.0568 e. The Kier molecular flexibility index (Phi) is 6.50. The predicted molar refractivity (Wildman–Crippen MR) is 227 cm³/mol. The quantitative estimate of drug-likeness (QED) is 0.179. The second-order valence-electron chi connectivity index (χ2n) is 14.2. The first-order valence-electron chi connectivity index (χ1n) is 18.3. The zero-order valence-corrected chi connectivity index (χ0v) is 29.3. The molecule has 0 atom stereocenters. The van der Waals surface area contributed by atoms with E-state index in [0.717, 1.165) is 5.52 Å². The van der Waals surface area contributed by atoms with E-state index < -0.39 is 0 Å². The molecular weight excluding hydrogens is 641 g/mol. The molecule has 53 heavy (non-hydrogen) atoms. The van der Waals surface area contributed by atoms with Crippen LogP contribution in [-0.2, 0) is 7.05 Å². The second-order valence-corrected chi connectivity index (χ2v) is 14.2.